The number of urea groups is 2. The summed E-state index contributed by atoms with van der Waals surface area (Å²) in [5, 5.41) is 8.88. The third kappa shape index (κ3) is 4.05. The maximum atomic E-state index is 11.8. The van der Waals surface area contributed by atoms with Gasteiger partial charge in [-0.25, -0.2) is 30.9 Å². The monoisotopic (exact) mass is 302 g/mol. The van der Waals surface area contributed by atoms with Crippen LogP contribution in [0.3, 0.4) is 0 Å². The minimum Gasteiger partial charge on any atom is -0.245 e. The number of hydrazine groups is 1. The van der Waals surface area contributed by atoms with Crippen LogP contribution < -0.4 is 16.3 Å². The van der Waals surface area contributed by atoms with Crippen LogP contribution in [-0.2, 0) is 0 Å². The van der Waals surface area contributed by atoms with E-state index in [1.54, 1.807) is 13.8 Å². The molecule has 3 N–H and O–H groups in total. The Morgan fingerprint density at radius 1 is 1.32 bits per heavy atom. The van der Waals surface area contributed by atoms with Gasteiger partial charge in [-0.1, -0.05) is 29.8 Å². The van der Waals surface area contributed by atoms with Crippen molar-refractivity contribution in [3.05, 3.63) is 35.4 Å². The predicted octanol–water partition coefficient (Wildman–Crippen LogP) is 1.33. The Hall–Kier alpha value is -2.90. The van der Waals surface area contributed by atoms with Gasteiger partial charge >= 0.3 is 12.1 Å². The zero-order valence-electron chi connectivity index (χ0n) is 12.7. The highest BCUT2D eigenvalue weighted by Crippen LogP contribution is 2.04. The second-order valence-corrected chi connectivity index (χ2v) is 4.97. The Balaban J connectivity index is 1.92. The summed E-state index contributed by atoms with van der Waals surface area (Å²) in [5.41, 5.74) is 10.4. The van der Waals surface area contributed by atoms with Crippen LogP contribution >= 0.6 is 0 Å². The van der Waals surface area contributed by atoms with E-state index in [1.165, 1.54) is 0 Å². The fraction of sp³-hybridized carbons (Fsp3) is 0.286. The number of hydrogen-bond acceptors (Lipinski definition) is 4. The Kier molecular flexibility index (Phi) is 4.72. The number of aryl methyl sites for hydroxylation is 1. The first-order chi connectivity index (χ1) is 10.5. The maximum Gasteiger partial charge on any atom is 0.356 e. The molecule has 8 nitrogen and oxygen atoms in total. The highest BCUT2D eigenvalue weighted by Gasteiger charge is 2.20. The van der Waals surface area contributed by atoms with Crippen LogP contribution in [0, 0.1) is 6.92 Å². The normalized spacial score (nSPS) is 15.0. The van der Waals surface area contributed by atoms with Gasteiger partial charge in [-0.15, -0.1) is 0 Å². The van der Waals surface area contributed by atoms with E-state index in [-0.39, 0.29) is 6.54 Å². The molecule has 0 bridgehead atoms. The molecule has 2 rings (SSSR count). The minimum absolute atomic E-state index is 0.222. The van der Waals surface area contributed by atoms with E-state index in [2.05, 4.69) is 26.5 Å². The van der Waals surface area contributed by atoms with Gasteiger partial charge in [0, 0.05) is 0 Å². The number of nitrogens with zero attached hydrogens (tertiary/aromatic N) is 3. The van der Waals surface area contributed by atoms with Gasteiger partial charge < -0.3 is 0 Å². The van der Waals surface area contributed by atoms with Gasteiger partial charge in [0.1, 0.15) is 0 Å². The first-order valence-electron chi connectivity index (χ1n) is 6.74. The van der Waals surface area contributed by atoms with E-state index >= 15 is 0 Å². The summed E-state index contributed by atoms with van der Waals surface area (Å²) in [6.07, 6.45) is 0. The highest BCUT2D eigenvalue weighted by atomic mass is 16.2. The summed E-state index contributed by atoms with van der Waals surface area (Å²) in [4.78, 5) is 23.3. The lowest BCUT2D eigenvalue weighted by Crippen LogP contribution is -2.56. The number of benzene rings is 1. The summed E-state index contributed by atoms with van der Waals surface area (Å²) in [6.45, 7) is 5.75. The van der Waals surface area contributed by atoms with Gasteiger partial charge in [0.05, 0.1) is 18.0 Å². The first kappa shape index (κ1) is 15.5. The molecule has 0 saturated carbocycles. The van der Waals surface area contributed by atoms with E-state index in [9.17, 15) is 9.59 Å². The van der Waals surface area contributed by atoms with Gasteiger partial charge in [0.15, 0.2) is 0 Å². The number of carbonyl (C=O) groups excluding carboxylic acids is 2. The molecule has 22 heavy (non-hydrogen) atoms. The summed E-state index contributed by atoms with van der Waals surface area (Å²) >= 11 is 0. The molecule has 0 aromatic heterocycles. The number of rotatable bonds is 3. The third-order valence-corrected chi connectivity index (χ3v) is 3.01. The van der Waals surface area contributed by atoms with E-state index in [0.717, 1.165) is 16.1 Å². The lowest BCUT2D eigenvalue weighted by Gasteiger charge is -2.25. The molecule has 8 heteroatoms. The molecule has 116 valence electrons. The predicted molar refractivity (Wildman–Crippen MR) is 83.4 cm³/mol. The quantitative estimate of drug-likeness (QED) is 0.580. The van der Waals surface area contributed by atoms with Crippen molar-refractivity contribution < 1.29 is 9.59 Å². The average molecular weight is 302 g/mol. The second kappa shape index (κ2) is 6.70. The lowest BCUT2D eigenvalue weighted by molar-refractivity contribution is 0.173. The summed E-state index contributed by atoms with van der Waals surface area (Å²) in [5.74, 6) is 0. The van der Waals surface area contributed by atoms with Crippen molar-refractivity contribution in [2.24, 2.45) is 10.2 Å². The SMILES string of the molecule is CC1=NNC(=O)N(NC(=O)N/N=C(\C)c2ccc(C)cc2)C1. The van der Waals surface area contributed by atoms with E-state index in [1.807, 2.05) is 31.2 Å². The van der Waals surface area contributed by atoms with Crippen LogP contribution in [0.4, 0.5) is 9.59 Å². The van der Waals surface area contributed by atoms with E-state index < -0.39 is 12.1 Å². The van der Waals surface area contributed by atoms with Crippen LogP contribution in [0.5, 0.6) is 0 Å². The standard InChI is InChI=1S/C14H18N6O2/c1-9-4-6-12(7-5-9)11(3)16-17-13(21)19-20-8-10(2)15-18-14(20)22/h4-7H,8H2,1-3H3,(H,18,22)(H2,17,19,21)/b16-11+. The molecule has 0 saturated heterocycles. The van der Waals surface area contributed by atoms with E-state index in [4.69, 9.17) is 0 Å². The van der Waals surface area contributed by atoms with Crippen molar-refractivity contribution in [2.45, 2.75) is 20.8 Å². The number of hydrogen-bond donors (Lipinski definition) is 3. The van der Waals surface area contributed by atoms with Gasteiger partial charge in [-0.2, -0.15) is 10.2 Å². The van der Waals surface area contributed by atoms with Gasteiger partial charge in [-0.05, 0) is 26.3 Å². The molecule has 0 spiro atoms. The molecule has 1 aliphatic rings. The highest BCUT2D eigenvalue weighted by molar-refractivity contribution is 5.99. The molecule has 0 fully saturated rings. The van der Waals surface area contributed by atoms with Crippen molar-refractivity contribution in [1.29, 1.82) is 0 Å². The number of amides is 4. The largest absolute Gasteiger partial charge is 0.356 e. The van der Waals surface area contributed by atoms with Crippen molar-refractivity contribution >= 4 is 23.5 Å². The summed E-state index contributed by atoms with van der Waals surface area (Å²) in [7, 11) is 0. The Labute approximate surface area is 128 Å². The van der Waals surface area contributed by atoms with Crippen molar-refractivity contribution in [1.82, 2.24) is 21.3 Å². The minimum atomic E-state index is -0.601. The van der Waals surface area contributed by atoms with Crippen LogP contribution in [0.25, 0.3) is 0 Å². The second-order valence-electron chi connectivity index (χ2n) is 4.97. The average Bonchev–Trinajstić information content (AvgIpc) is 2.49. The smallest absolute Gasteiger partial charge is 0.245 e. The van der Waals surface area contributed by atoms with Crippen LogP contribution in [0.2, 0.25) is 0 Å². The fourth-order valence-corrected chi connectivity index (χ4v) is 1.77. The molecule has 1 aromatic rings. The van der Waals surface area contributed by atoms with Gasteiger partial charge in [-0.3, -0.25) is 0 Å². The topological polar surface area (TPSA) is 98.2 Å². The molecule has 1 aromatic carbocycles. The number of carbonyl (C=O) groups is 2. The van der Waals surface area contributed by atoms with E-state index in [0.29, 0.717) is 11.4 Å². The van der Waals surface area contributed by atoms with Gasteiger partial charge in [0.25, 0.3) is 0 Å². The molecule has 0 aliphatic carbocycles. The first-order valence-corrected chi connectivity index (χ1v) is 6.74. The zero-order chi connectivity index (χ0) is 16.1. The number of nitrogens with one attached hydrogen (secondary N) is 3. The molecule has 1 aliphatic heterocycles. The molecule has 0 atom stereocenters. The Morgan fingerprint density at radius 3 is 2.68 bits per heavy atom. The van der Waals surface area contributed by atoms with Crippen molar-refractivity contribution in [2.75, 3.05) is 6.54 Å². The lowest BCUT2D eigenvalue weighted by atomic mass is 10.1. The molecule has 4 amide bonds. The summed E-state index contributed by atoms with van der Waals surface area (Å²) < 4.78 is 0. The molecule has 0 unspecified atom stereocenters. The van der Waals surface area contributed by atoms with Crippen molar-refractivity contribution in [3.63, 3.8) is 0 Å². The maximum absolute atomic E-state index is 11.8. The number of hydrazone groups is 2. The van der Waals surface area contributed by atoms with Crippen molar-refractivity contribution in [3.8, 4) is 0 Å². The van der Waals surface area contributed by atoms with Crippen LogP contribution in [0.1, 0.15) is 25.0 Å². The van der Waals surface area contributed by atoms with Crippen LogP contribution in [0.15, 0.2) is 34.5 Å². The molecule has 1 heterocycles. The zero-order valence-corrected chi connectivity index (χ0v) is 12.7. The third-order valence-electron chi connectivity index (χ3n) is 3.01. The summed E-state index contributed by atoms with van der Waals surface area (Å²) in [6, 6.07) is 6.68. The Morgan fingerprint density at radius 2 is 2.00 bits per heavy atom. The fourth-order valence-electron chi connectivity index (χ4n) is 1.77. The van der Waals surface area contributed by atoms with Gasteiger partial charge in [0.2, 0.25) is 0 Å². The molecule has 0 radical (unpaired) electrons. The molecular weight excluding hydrogens is 284 g/mol. The van der Waals surface area contributed by atoms with Crippen LogP contribution in [-0.4, -0.2) is 35.0 Å². The Bertz CT molecular complexity index is 635. The molecular formula is C14H18N6O2.